The van der Waals surface area contributed by atoms with Gasteiger partial charge in [0.25, 0.3) is 0 Å². The first-order valence-electron chi connectivity index (χ1n) is 7.17. The van der Waals surface area contributed by atoms with E-state index in [1.54, 1.807) is 0 Å². The molecule has 0 aliphatic carbocycles. The number of para-hydroxylation sites is 1. The first-order valence-corrected chi connectivity index (χ1v) is 7.17. The number of carbonyl (C=O) groups excluding carboxylic acids is 1. The van der Waals surface area contributed by atoms with E-state index >= 15 is 0 Å². The summed E-state index contributed by atoms with van der Waals surface area (Å²) in [5.41, 5.74) is 8.51. The van der Waals surface area contributed by atoms with Crippen LogP contribution in [0.4, 0.5) is 5.82 Å². The molecule has 5 nitrogen and oxygen atoms in total. The Labute approximate surface area is 124 Å². The van der Waals surface area contributed by atoms with Crippen LogP contribution >= 0.6 is 0 Å². The Morgan fingerprint density at radius 3 is 2.67 bits per heavy atom. The summed E-state index contributed by atoms with van der Waals surface area (Å²) in [6.07, 6.45) is 2.67. The van der Waals surface area contributed by atoms with Gasteiger partial charge in [0.2, 0.25) is 0 Å². The van der Waals surface area contributed by atoms with Crippen LogP contribution in [-0.2, 0) is 17.6 Å². The minimum Gasteiger partial charge on any atom is -0.464 e. The molecule has 0 aliphatic rings. The predicted molar refractivity (Wildman–Crippen MR) is 82.7 cm³/mol. The lowest BCUT2D eigenvalue weighted by Crippen LogP contribution is -2.09. The maximum atomic E-state index is 11.8. The van der Waals surface area contributed by atoms with Crippen LogP contribution in [-0.4, -0.2) is 22.6 Å². The Hall–Kier alpha value is -2.30. The number of anilines is 1. The number of nitrogens with two attached hydrogens (primary N) is 1. The lowest BCUT2D eigenvalue weighted by molar-refractivity contribution is 0.0596. The van der Waals surface area contributed by atoms with Gasteiger partial charge in [-0.05, 0) is 18.1 Å². The number of nitrogens with zero attached hydrogens (tertiary/aromatic N) is 2. The number of aromatic nitrogens is 2. The zero-order chi connectivity index (χ0) is 15.4. The van der Waals surface area contributed by atoms with Crippen LogP contribution in [0.3, 0.4) is 0 Å². The molecule has 0 unspecified atom stereocenters. The van der Waals surface area contributed by atoms with Crippen molar-refractivity contribution in [1.82, 2.24) is 9.55 Å². The summed E-state index contributed by atoms with van der Waals surface area (Å²) in [6.45, 7) is 4.12. The molecule has 0 amide bonds. The fraction of sp³-hybridized carbons (Fsp3) is 0.375. The Kier molecular flexibility index (Phi) is 4.62. The van der Waals surface area contributed by atoms with Crippen LogP contribution in [0.2, 0.25) is 0 Å². The lowest BCUT2D eigenvalue weighted by Gasteiger charge is -2.13. The minimum absolute atomic E-state index is 0.181. The molecule has 0 saturated carbocycles. The highest BCUT2D eigenvalue weighted by atomic mass is 16.5. The normalized spacial score (nSPS) is 10.6. The predicted octanol–water partition coefficient (Wildman–Crippen LogP) is 2.76. The molecule has 21 heavy (non-hydrogen) atoms. The van der Waals surface area contributed by atoms with Gasteiger partial charge in [-0.3, -0.25) is 4.57 Å². The molecule has 0 fully saturated rings. The zero-order valence-corrected chi connectivity index (χ0v) is 12.7. The molecule has 1 heterocycles. The van der Waals surface area contributed by atoms with Gasteiger partial charge < -0.3 is 10.5 Å². The molecule has 0 saturated heterocycles. The lowest BCUT2D eigenvalue weighted by atomic mass is 10.1. The molecule has 112 valence electrons. The van der Waals surface area contributed by atoms with Crippen LogP contribution in [0.25, 0.3) is 5.69 Å². The number of aryl methyl sites for hydroxylation is 2. The second-order valence-electron chi connectivity index (χ2n) is 4.82. The molecule has 1 aromatic heterocycles. The average Bonchev–Trinajstić information content (AvgIpc) is 2.84. The number of ether oxygens (including phenoxy) is 1. The van der Waals surface area contributed by atoms with E-state index in [9.17, 15) is 4.79 Å². The first-order chi connectivity index (χ1) is 10.1. The third-order valence-corrected chi connectivity index (χ3v) is 3.43. The standard InChI is InChI=1S/C16H21N3O2/c1-4-8-11-9-6-7-10-12(11)19-13(5-2)18-14(15(19)17)16(20)21-3/h6-7,9-10H,4-5,8,17H2,1-3H3. The van der Waals surface area contributed by atoms with Crippen LogP contribution in [0, 0.1) is 0 Å². The maximum Gasteiger partial charge on any atom is 0.360 e. The van der Waals surface area contributed by atoms with E-state index in [0.717, 1.165) is 24.4 Å². The first kappa shape index (κ1) is 15.1. The molecule has 0 spiro atoms. The van der Waals surface area contributed by atoms with E-state index in [0.29, 0.717) is 12.2 Å². The summed E-state index contributed by atoms with van der Waals surface area (Å²) in [4.78, 5) is 16.1. The van der Waals surface area contributed by atoms with Crippen molar-refractivity contribution in [2.75, 3.05) is 12.8 Å². The summed E-state index contributed by atoms with van der Waals surface area (Å²) in [5.74, 6) is 0.590. The van der Waals surface area contributed by atoms with Crippen molar-refractivity contribution in [2.45, 2.75) is 33.1 Å². The second-order valence-corrected chi connectivity index (χ2v) is 4.82. The molecular weight excluding hydrogens is 266 g/mol. The van der Waals surface area contributed by atoms with E-state index < -0.39 is 5.97 Å². The summed E-state index contributed by atoms with van der Waals surface area (Å²) in [5, 5.41) is 0. The Balaban J connectivity index is 2.63. The highest BCUT2D eigenvalue weighted by Crippen LogP contribution is 2.25. The van der Waals surface area contributed by atoms with Crippen molar-refractivity contribution in [3.63, 3.8) is 0 Å². The molecule has 0 radical (unpaired) electrons. The van der Waals surface area contributed by atoms with Gasteiger partial charge in [0.15, 0.2) is 5.69 Å². The molecule has 2 rings (SSSR count). The molecule has 5 heteroatoms. The highest BCUT2D eigenvalue weighted by Gasteiger charge is 2.22. The number of carbonyl (C=O) groups is 1. The number of imidazole rings is 1. The van der Waals surface area contributed by atoms with E-state index in [1.165, 1.54) is 12.7 Å². The van der Waals surface area contributed by atoms with Crippen molar-refractivity contribution in [2.24, 2.45) is 0 Å². The number of hydrogen-bond acceptors (Lipinski definition) is 4. The highest BCUT2D eigenvalue weighted by molar-refractivity contribution is 5.92. The summed E-state index contributed by atoms with van der Waals surface area (Å²) in [7, 11) is 1.33. The smallest absolute Gasteiger partial charge is 0.360 e. The fourth-order valence-electron chi connectivity index (χ4n) is 2.44. The van der Waals surface area contributed by atoms with Gasteiger partial charge in [-0.25, -0.2) is 9.78 Å². The van der Waals surface area contributed by atoms with E-state index in [2.05, 4.69) is 18.0 Å². The van der Waals surface area contributed by atoms with Gasteiger partial charge in [0.1, 0.15) is 11.6 Å². The quantitative estimate of drug-likeness (QED) is 0.858. The minimum atomic E-state index is -0.506. The number of hydrogen-bond donors (Lipinski definition) is 1. The fourth-order valence-corrected chi connectivity index (χ4v) is 2.44. The second kappa shape index (κ2) is 6.43. The Morgan fingerprint density at radius 1 is 1.33 bits per heavy atom. The number of benzene rings is 1. The van der Waals surface area contributed by atoms with Crippen molar-refractivity contribution in [1.29, 1.82) is 0 Å². The zero-order valence-electron chi connectivity index (χ0n) is 12.7. The molecule has 0 atom stereocenters. The summed E-state index contributed by atoms with van der Waals surface area (Å²) in [6, 6.07) is 8.05. The SMILES string of the molecule is CCCc1ccccc1-n1c(CC)nc(C(=O)OC)c1N. The van der Waals surface area contributed by atoms with Gasteiger partial charge in [-0.15, -0.1) is 0 Å². The molecule has 2 N–H and O–H groups in total. The average molecular weight is 287 g/mol. The van der Waals surface area contributed by atoms with Gasteiger partial charge >= 0.3 is 5.97 Å². The molecule has 0 aliphatic heterocycles. The van der Waals surface area contributed by atoms with Gasteiger partial charge in [-0.1, -0.05) is 38.5 Å². The Bertz CT molecular complexity index is 647. The van der Waals surface area contributed by atoms with E-state index in [1.807, 2.05) is 29.7 Å². The van der Waals surface area contributed by atoms with Crippen LogP contribution in [0.1, 0.15) is 42.1 Å². The van der Waals surface area contributed by atoms with Crippen molar-refractivity contribution in [3.05, 3.63) is 41.3 Å². The van der Waals surface area contributed by atoms with Crippen molar-refractivity contribution >= 4 is 11.8 Å². The number of nitrogen functional groups attached to an aromatic ring is 1. The number of methoxy groups -OCH3 is 1. The van der Waals surface area contributed by atoms with Crippen molar-refractivity contribution in [3.8, 4) is 5.69 Å². The number of rotatable bonds is 5. The van der Waals surface area contributed by atoms with Crippen molar-refractivity contribution < 1.29 is 9.53 Å². The maximum absolute atomic E-state index is 11.8. The van der Waals surface area contributed by atoms with Crippen LogP contribution in [0.15, 0.2) is 24.3 Å². The van der Waals surface area contributed by atoms with Gasteiger partial charge in [-0.2, -0.15) is 0 Å². The van der Waals surface area contributed by atoms with Gasteiger partial charge in [0.05, 0.1) is 12.8 Å². The molecular formula is C16H21N3O2. The van der Waals surface area contributed by atoms with Crippen LogP contribution in [0.5, 0.6) is 0 Å². The molecule has 1 aromatic carbocycles. The van der Waals surface area contributed by atoms with E-state index in [-0.39, 0.29) is 5.69 Å². The summed E-state index contributed by atoms with van der Waals surface area (Å²) >= 11 is 0. The van der Waals surface area contributed by atoms with E-state index in [4.69, 9.17) is 10.5 Å². The Morgan fingerprint density at radius 2 is 2.05 bits per heavy atom. The topological polar surface area (TPSA) is 70.1 Å². The monoisotopic (exact) mass is 287 g/mol. The molecule has 2 aromatic rings. The third-order valence-electron chi connectivity index (χ3n) is 3.43. The number of esters is 1. The van der Waals surface area contributed by atoms with Gasteiger partial charge in [0, 0.05) is 6.42 Å². The van der Waals surface area contributed by atoms with Crippen LogP contribution < -0.4 is 5.73 Å². The largest absolute Gasteiger partial charge is 0.464 e. The third kappa shape index (κ3) is 2.77. The molecule has 0 bridgehead atoms. The summed E-state index contributed by atoms with van der Waals surface area (Å²) < 4.78 is 6.61.